The van der Waals surface area contributed by atoms with E-state index < -0.39 is 10.0 Å². The molecule has 1 N–H and O–H groups in total. The van der Waals surface area contributed by atoms with E-state index in [-0.39, 0.29) is 4.90 Å². The molecule has 144 valence electrons. The van der Waals surface area contributed by atoms with Crippen molar-refractivity contribution in [3.05, 3.63) is 48.0 Å². The Kier molecular flexibility index (Phi) is 5.55. The second kappa shape index (κ2) is 7.87. The van der Waals surface area contributed by atoms with Crippen molar-refractivity contribution in [1.82, 2.24) is 4.90 Å². The molecular weight excluding hydrogens is 366 g/mol. The molecule has 1 amide bonds. The smallest absolute Gasteiger partial charge is 0.262 e. The molecule has 0 unspecified atom stereocenters. The molecule has 2 aromatic carbocycles. The number of ether oxygens (including phenoxy) is 1. The highest BCUT2D eigenvalue weighted by Gasteiger charge is 2.21. The molecule has 2 aromatic rings. The lowest BCUT2D eigenvalue weighted by molar-refractivity contribution is -0.118. The van der Waals surface area contributed by atoms with Crippen LogP contribution in [0.5, 0.6) is 5.75 Å². The van der Waals surface area contributed by atoms with Gasteiger partial charge in [0.1, 0.15) is 5.75 Å². The van der Waals surface area contributed by atoms with Crippen molar-refractivity contribution in [2.24, 2.45) is 0 Å². The first-order valence-corrected chi connectivity index (χ1v) is 10.1. The quantitative estimate of drug-likeness (QED) is 0.766. The van der Waals surface area contributed by atoms with E-state index >= 15 is 0 Å². The lowest BCUT2D eigenvalue weighted by Crippen LogP contribution is -2.45. The third kappa shape index (κ3) is 4.16. The summed E-state index contributed by atoms with van der Waals surface area (Å²) in [6, 6.07) is 12.2. The Bertz CT molecular complexity index is 922. The maximum atomic E-state index is 12.8. The van der Waals surface area contributed by atoms with Crippen molar-refractivity contribution in [2.45, 2.75) is 11.8 Å². The number of hydrogen-bond acceptors (Lipinski definition) is 5. The van der Waals surface area contributed by atoms with Crippen molar-refractivity contribution < 1.29 is 17.9 Å². The SMILES string of the molecule is COc1ccc(N2CCN(C=O)CC2)cc1NS(=O)(=O)c1ccccc1C. The molecule has 7 nitrogen and oxygen atoms in total. The predicted molar refractivity (Wildman–Crippen MR) is 105 cm³/mol. The zero-order valence-electron chi connectivity index (χ0n) is 15.4. The van der Waals surface area contributed by atoms with Gasteiger partial charge in [-0.1, -0.05) is 18.2 Å². The highest BCUT2D eigenvalue weighted by molar-refractivity contribution is 7.92. The predicted octanol–water partition coefficient (Wildman–Crippen LogP) is 2.08. The number of nitrogens with zero attached hydrogens (tertiary/aromatic N) is 2. The minimum atomic E-state index is -3.74. The van der Waals surface area contributed by atoms with Gasteiger partial charge in [-0.3, -0.25) is 9.52 Å². The molecular formula is C19H23N3O4S. The fourth-order valence-corrected chi connectivity index (χ4v) is 4.42. The molecule has 0 radical (unpaired) electrons. The van der Waals surface area contributed by atoms with Gasteiger partial charge in [0.25, 0.3) is 10.0 Å². The van der Waals surface area contributed by atoms with Crippen molar-refractivity contribution >= 4 is 27.8 Å². The Labute approximate surface area is 159 Å². The Morgan fingerprint density at radius 1 is 1.07 bits per heavy atom. The molecule has 3 rings (SSSR count). The van der Waals surface area contributed by atoms with Crippen LogP contribution in [0.2, 0.25) is 0 Å². The van der Waals surface area contributed by atoms with Crippen LogP contribution in [0.15, 0.2) is 47.4 Å². The average molecular weight is 389 g/mol. The van der Waals surface area contributed by atoms with Crippen LogP contribution in [0.1, 0.15) is 5.56 Å². The molecule has 1 fully saturated rings. The van der Waals surface area contributed by atoms with Gasteiger partial charge in [-0.15, -0.1) is 0 Å². The van der Waals surface area contributed by atoms with Gasteiger partial charge in [0.05, 0.1) is 17.7 Å². The average Bonchev–Trinajstić information content (AvgIpc) is 2.68. The molecule has 8 heteroatoms. The van der Waals surface area contributed by atoms with Gasteiger partial charge in [0.15, 0.2) is 0 Å². The number of nitrogens with one attached hydrogen (secondary N) is 1. The summed E-state index contributed by atoms with van der Waals surface area (Å²) in [7, 11) is -2.24. The summed E-state index contributed by atoms with van der Waals surface area (Å²) in [6.07, 6.45) is 0.854. The fourth-order valence-electron chi connectivity index (χ4n) is 3.12. The minimum Gasteiger partial charge on any atom is -0.495 e. The highest BCUT2D eigenvalue weighted by atomic mass is 32.2. The number of aryl methyl sites for hydroxylation is 1. The number of piperazine rings is 1. The van der Waals surface area contributed by atoms with Crippen LogP contribution in [0, 0.1) is 6.92 Å². The zero-order chi connectivity index (χ0) is 19.4. The van der Waals surface area contributed by atoms with Crippen LogP contribution in [0.4, 0.5) is 11.4 Å². The number of sulfonamides is 1. The van der Waals surface area contributed by atoms with Gasteiger partial charge in [-0.05, 0) is 36.8 Å². The monoisotopic (exact) mass is 389 g/mol. The van der Waals surface area contributed by atoms with Crippen LogP contribution >= 0.6 is 0 Å². The fraction of sp³-hybridized carbons (Fsp3) is 0.316. The standard InChI is InChI=1S/C19H23N3O4S/c1-15-5-3-4-6-19(15)27(24,25)20-17-13-16(7-8-18(17)26-2)22-11-9-21(14-23)10-12-22/h3-8,13-14,20H,9-12H2,1-2H3. The number of anilines is 2. The van der Waals surface area contributed by atoms with Crippen LogP contribution in [0.3, 0.4) is 0 Å². The Morgan fingerprint density at radius 3 is 2.41 bits per heavy atom. The molecule has 27 heavy (non-hydrogen) atoms. The topological polar surface area (TPSA) is 79.0 Å². The lowest BCUT2D eigenvalue weighted by atomic mass is 10.2. The highest BCUT2D eigenvalue weighted by Crippen LogP contribution is 2.32. The van der Waals surface area contributed by atoms with E-state index in [4.69, 9.17) is 4.74 Å². The Balaban J connectivity index is 1.88. The number of amides is 1. The van der Waals surface area contributed by atoms with Crippen molar-refractivity contribution in [2.75, 3.05) is 42.9 Å². The van der Waals surface area contributed by atoms with E-state index in [1.165, 1.54) is 7.11 Å². The van der Waals surface area contributed by atoms with Gasteiger partial charge in [0.2, 0.25) is 6.41 Å². The summed E-state index contributed by atoms with van der Waals surface area (Å²) in [6.45, 7) is 4.42. The summed E-state index contributed by atoms with van der Waals surface area (Å²) in [5.41, 5.74) is 1.94. The number of carbonyl (C=O) groups is 1. The molecule has 1 saturated heterocycles. The molecule has 1 heterocycles. The second-order valence-corrected chi connectivity index (χ2v) is 8.03. The maximum Gasteiger partial charge on any atom is 0.262 e. The van der Waals surface area contributed by atoms with Crippen molar-refractivity contribution in [3.8, 4) is 5.75 Å². The third-order valence-corrected chi connectivity index (χ3v) is 6.16. The molecule has 0 bridgehead atoms. The first kappa shape index (κ1) is 19.0. The summed E-state index contributed by atoms with van der Waals surface area (Å²) < 4.78 is 33.7. The van der Waals surface area contributed by atoms with Crippen LogP contribution in [-0.4, -0.2) is 53.0 Å². The van der Waals surface area contributed by atoms with Gasteiger partial charge < -0.3 is 14.5 Å². The van der Waals surface area contributed by atoms with Gasteiger partial charge >= 0.3 is 0 Å². The normalized spacial score (nSPS) is 14.7. The molecule has 0 aromatic heterocycles. The number of hydrogen-bond donors (Lipinski definition) is 1. The Morgan fingerprint density at radius 2 is 1.78 bits per heavy atom. The molecule has 0 aliphatic carbocycles. The van der Waals surface area contributed by atoms with Crippen LogP contribution < -0.4 is 14.4 Å². The first-order chi connectivity index (χ1) is 12.9. The summed E-state index contributed by atoms with van der Waals surface area (Å²) in [4.78, 5) is 14.9. The minimum absolute atomic E-state index is 0.233. The number of carbonyl (C=O) groups excluding carboxylic acids is 1. The van der Waals surface area contributed by atoms with E-state index in [0.717, 1.165) is 12.1 Å². The van der Waals surface area contributed by atoms with E-state index in [1.807, 2.05) is 6.07 Å². The van der Waals surface area contributed by atoms with E-state index in [0.29, 0.717) is 43.2 Å². The van der Waals surface area contributed by atoms with E-state index in [1.54, 1.807) is 48.2 Å². The molecule has 1 aliphatic rings. The van der Waals surface area contributed by atoms with E-state index in [9.17, 15) is 13.2 Å². The lowest BCUT2D eigenvalue weighted by Gasteiger charge is -2.34. The largest absolute Gasteiger partial charge is 0.495 e. The number of rotatable bonds is 6. The Hall–Kier alpha value is -2.74. The van der Waals surface area contributed by atoms with Gasteiger partial charge in [0, 0.05) is 31.9 Å². The molecule has 0 saturated carbocycles. The zero-order valence-corrected chi connectivity index (χ0v) is 16.2. The van der Waals surface area contributed by atoms with Crippen molar-refractivity contribution in [1.29, 1.82) is 0 Å². The third-order valence-electron chi connectivity index (χ3n) is 4.64. The molecule has 0 spiro atoms. The second-order valence-electron chi connectivity index (χ2n) is 6.38. The maximum absolute atomic E-state index is 12.8. The molecule has 1 aliphatic heterocycles. The number of methoxy groups -OCH3 is 1. The van der Waals surface area contributed by atoms with Crippen LogP contribution in [0.25, 0.3) is 0 Å². The van der Waals surface area contributed by atoms with Crippen molar-refractivity contribution in [3.63, 3.8) is 0 Å². The molecule has 0 atom stereocenters. The van der Waals surface area contributed by atoms with Gasteiger partial charge in [-0.2, -0.15) is 0 Å². The van der Waals surface area contributed by atoms with Gasteiger partial charge in [-0.25, -0.2) is 8.42 Å². The first-order valence-electron chi connectivity index (χ1n) is 8.65. The summed E-state index contributed by atoms with van der Waals surface area (Å²) in [5.74, 6) is 0.447. The van der Waals surface area contributed by atoms with Crippen LogP contribution in [-0.2, 0) is 14.8 Å². The summed E-state index contributed by atoms with van der Waals surface area (Å²) in [5, 5.41) is 0. The van der Waals surface area contributed by atoms with E-state index in [2.05, 4.69) is 9.62 Å². The number of benzene rings is 2. The summed E-state index contributed by atoms with van der Waals surface area (Å²) >= 11 is 0.